The van der Waals surface area contributed by atoms with Crippen molar-refractivity contribution in [3.05, 3.63) is 28.5 Å². The Labute approximate surface area is 85.9 Å². The van der Waals surface area contributed by atoms with E-state index in [2.05, 4.69) is 0 Å². The number of phenolic OH excluding ortho intramolecular Hbond substituents is 1. The van der Waals surface area contributed by atoms with Crippen LogP contribution < -0.4 is 5.73 Å². The van der Waals surface area contributed by atoms with Gasteiger partial charge in [0.1, 0.15) is 11.6 Å². The number of aliphatic hydroxyl groups excluding tert-OH is 1. The molecule has 0 aliphatic carbocycles. The highest BCUT2D eigenvalue weighted by molar-refractivity contribution is 6.31. The first-order chi connectivity index (χ1) is 6.56. The lowest BCUT2D eigenvalue weighted by Crippen LogP contribution is -2.14. The molecule has 1 aromatic carbocycles. The Hall–Kier alpha value is -0.840. The van der Waals surface area contributed by atoms with Gasteiger partial charge < -0.3 is 15.9 Å². The Balaban J connectivity index is 3.07. The molecule has 0 heterocycles. The molecule has 5 heteroatoms. The highest BCUT2D eigenvalue weighted by Gasteiger charge is 2.16. The maximum Gasteiger partial charge on any atom is 0.133 e. The Morgan fingerprint density at radius 3 is 2.64 bits per heavy atom. The predicted molar refractivity (Wildman–Crippen MR) is 51.7 cm³/mol. The summed E-state index contributed by atoms with van der Waals surface area (Å²) >= 11 is 5.70. The lowest BCUT2D eigenvalue weighted by atomic mass is 10.0. The van der Waals surface area contributed by atoms with Crippen LogP contribution >= 0.6 is 11.6 Å². The number of hydrogen-bond donors (Lipinski definition) is 3. The van der Waals surface area contributed by atoms with Gasteiger partial charge in [-0.2, -0.15) is 0 Å². The van der Waals surface area contributed by atoms with Crippen molar-refractivity contribution in [2.24, 2.45) is 5.73 Å². The topological polar surface area (TPSA) is 66.5 Å². The van der Waals surface area contributed by atoms with E-state index in [0.717, 1.165) is 6.07 Å². The summed E-state index contributed by atoms with van der Waals surface area (Å²) in [5.74, 6) is -0.900. The van der Waals surface area contributed by atoms with Gasteiger partial charge in [-0.25, -0.2) is 4.39 Å². The van der Waals surface area contributed by atoms with E-state index in [9.17, 15) is 4.39 Å². The number of benzene rings is 1. The van der Waals surface area contributed by atoms with Crippen molar-refractivity contribution in [3.8, 4) is 5.75 Å². The van der Waals surface area contributed by atoms with Gasteiger partial charge >= 0.3 is 0 Å². The van der Waals surface area contributed by atoms with Crippen LogP contribution in [-0.4, -0.2) is 16.8 Å². The second kappa shape index (κ2) is 4.59. The number of aliphatic hydroxyl groups is 1. The minimum atomic E-state index is -0.659. The van der Waals surface area contributed by atoms with Crippen LogP contribution in [0.1, 0.15) is 18.0 Å². The Bertz CT molecular complexity index is 310. The standard InChI is InChI=1S/C9H11ClFNO2/c10-6-3-5(14)4-7(11)9(6)8(12)1-2-13/h3-4,8,13-14H,1-2,12H2. The third-order valence-electron chi connectivity index (χ3n) is 1.87. The zero-order valence-electron chi connectivity index (χ0n) is 7.37. The van der Waals surface area contributed by atoms with E-state index in [1.807, 2.05) is 0 Å². The zero-order valence-corrected chi connectivity index (χ0v) is 8.13. The van der Waals surface area contributed by atoms with Gasteiger partial charge in [0.15, 0.2) is 0 Å². The summed E-state index contributed by atoms with van der Waals surface area (Å²) in [6.07, 6.45) is 0.224. The molecule has 1 unspecified atom stereocenters. The summed E-state index contributed by atoms with van der Waals surface area (Å²) in [4.78, 5) is 0. The van der Waals surface area contributed by atoms with Crippen molar-refractivity contribution in [2.75, 3.05) is 6.61 Å². The average molecular weight is 220 g/mol. The molecule has 0 bridgehead atoms. The molecule has 0 fully saturated rings. The number of halogens is 2. The second-order valence-corrected chi connectivity index (χ2v) is 3.35. The summed E-state index contributed by atoms with van der Waals surface area (Å²) < 4.78 is 13.3. The normalized spacial score (nSPS) is 12.9. The van der Waals surface area contributed by atoms with Crippen LogP contribution in [0.2, 0.25) is 5.02 Å². The number of hydrogen-bond acceptors (Lipinski definition) is 3. The SMILES string of the molecule is NC(CCO)c1c(F)cc(O)cc1Cl. The summed E-state index contributed by atoms with van der Waals surface area (Å²) in [5.41, 5.74) is 5.71. The molecular weight excluding hydrogens is 209 g/mol. The number of aromatic hydroxyl groups is 1. The van der Waals surface area contributed by atoms with Gasteiger partial charge in [-0.3, -0.25) is 0 Å². The van der Waals surface area contributed by atoms with Crippen LogP contribution in [0.4, 0.5) is 4.39 Å². The van der Waals surface area contributed by atoms with E-state index in [1.54, 1.807) is 0 Å². The summed E-state index contributed by atoms with van der Waals surface area (Å²) in [6.45, 7) is -0.141. The van der Waals surface area contributed by atoms with Gasteiger partial charge in [0.2, 0.25) is 0 Å². The van der Waals surface area contributed by atoms with E-state index in [1.165, 1.54) is 6.07 Å². The molecule has 1 atom stereocenters. The van der Waals surface area contributed by atoms with Gasteiger partial charge in [0.05, 0.1) is 5.02 Å². The maximum absolute atomic E-state index is 13.3. The van der Waals surface area contributed by atoms with Crippen molar-refractivity contribution in [1.29, 1.82) is 0 Å². The van der Waals surface area contributed by atoms with Gasteiger partial charge in [0, 0.05) is 24.3 Å². The minimum absolute atomic E-state index is 0.0726. The summed E-state index contributed by atoms with van der Waals surface area (Å²) in [7, 11) is 0. The van der Waals surface area contributed by atoms with Gasteiger partial charge in [-0.05, 0) is 12.5 Å². The molecule has 1 rings (SSSR count). The Morgan fingerprint density at radius 1 is 1.50 bits per heavy atom. The Kier molecular flexibility index (Phi) is 3.69. The van der Waals surface area contributed by atoms with E-state index in [4.69, 9.17) is 27.5 Å². The lowest BCUT2D eigenvalue weighted by Gasteiger charge is -2.13. The van der Waals surface area contributed by atoms with Crippen molar-refractivity contribution >= 4 is 11.6 Å². The predicted octanol–water partition coefficient (Wildman–Crippen LogP) is 1.57. The fraction of sp³-hybridized carbons (Fsp3) is 0.333. The highest BCUT2D eigenvalue weighted by Crippen LogP contribution is 2.30. The summed E-state index contributed by atoms with van der Waals surface area (Å²) in [6, 6.07) is 1.50. The molecule has 0 saturated heterocycles. The fourth-order valence-electron chi connectivity index (χ4n) is 1.21. The quantitative estimate of drug-likeness (QED) is 0.723. The van der Waals surface area contributed by atoms with E-state index in [-0.39, 0.29) is 29.4 Å². The van der Waals surface area contributed by atoms with Gasteiger partial charge in [-0.1, -0.05) is 11.6 Å². The molecule has 4 N–H and O–H groups in total. The van der Waals surface area contributed by atoms with Gasteiger partial charge in [-0.15, -0.1) is 0 Å². The number of rotatable bonds is 3. The number of phenols is 1. The minimum Gasteiger partial charge on any atom is -0.508 e. The molecule has 0 aliphatic heterocycles. The first-order valence-corrected chi connectivity index (χ1v) is 4.48. The van der Waals surface area contributed by atoms with Crippen LogP contribution in [0.25, 0.3) is 0 Å². The largest absolute Gasteiger partial charge is 0.508 e. The van der Waals surface area contributed by atoms with Crippen molar-refractivity contribution < 1.29 is 14.6 Å². The van der Waals surface area contributed by atoms with Crippen LogP contribution in [0.5, 0.6) is 5.75 Å². The molecule has 1 aromatic rings. The van der Waals surface area contributed by atoms with Crippen molar-refractivity contribution in [3.63, 3.8) is 0 Å². The van der Waals surface area contributed by atoms with E-state index < -0.39 is 11.9 Å². The molecule has 0 aliphatic rings. The first-order valence-electron chi connectivity index (χ1n) is 4.10. The number of nitrogens with two attached hydrogens (primary N) is 1. The van der Waals surface area contributed by atoms with Crippen LogP contribution in [0, 0.1) is 5.82 Å². The monoisotopic (exact) mass is 219 g/mol. The van der Waals surface area contributed by atoms with Crippen molar-refractivity contribution in [1.82, 2.24) is 0 Å². The summed E-state index contributed by atoms with van der Waals surface area (Å²) in [5, 5.41) is 17.7. The third-order valence-corrected chi connectivity index (χ3v) is 2.19. The Morgan fingerprint density at radius 2 is 2.14 bits per heavy atom. The molecule has 0 radical (unpaired) electrons. The molecule has 3 nitrogen and oxygen atoms in total. The molecule has 0 saturated carbocycles. The molecule has 78 valence electrons. The second-order valence-electron chi connectivity index (χ2n) is 2.94. The lowest BCUT2D eigenvalue weighted by molar-refractivity contribution is 0.275. The molecular formula is C9H11ClFNO2. The maximum atomic E-state index is 13.3. The van der Waals surface area contributed by atoms with Crippen LogP contribution in [-0.2, 0) is 0 Å². The smallest absolute Gasteiger partial charge is 0.133 e. The molecule has 0 spiro atoms. The van der Waals surface area contributed by atoms with Gasteiger partial charge in [0.25, 0.3) is 0 Å². The molecule has 0 amide bonds. The highest BCUT2D eigenvalue weighted by atomic mass is 35.5. The fourth-order valence-corrected chi connectivity index (χ4v) is 1.55. The van der Waals surface area contributed by atoms with Crippen LogP contribution in [0.3, 0.4) is 0 Å². The first kappa shape index (κ1) is 11.2. The van der Waals surface area contributed by atoms with E-state index >= 15 is 0 Å². The van der Waals surface area contributed by atoms with E-state index in [0.29, 0.717) is 0 Å². The van der Waals surface area contributed by atoms with Crippen LogP contribution in [0.15, 0.2) is 12.1 Å². The average Bonchev–Trinajstić information content (AvgIpc) is 2.01. The third kappa shape index (κ3) is 2.35. The molecule has 0 aromatic heterocycles. The van der Waals surface area contributed by atoms with Crippen molar-refractivity contribution in [2.45, 2.75) is 12.5 Å². The molecule has 14 heavy (non-hydrogen) atoms. The zero-order chi connectivity index (χ0) is 10.7.